The molecule has 0 heterocycles. The average molecular weight is 411 g/mol. The number of hydrogen-bond acceptors (Lipinski definition) is 6. The largest absolute Gasteiger partial charge is 0.497 e. The number of hydrazine groups is 1. The quantitative estimate of drug-likeness (QED) is 0.378. The Morgan fingerprint density at radius 3 is 2.48 bits per heavy atom. The Morgan fingerprint density at radius 2 is 1.85 bits per heavy atom. The van der Waals surface area contributed by atoms with Crippen molar-refractivity contribution < 1.29 is 19.2 Å². The van der Waals surface area contributed by atoms with E-state index in [0.717, 1.165) is 0 Å². The smallest absolute Gasteiger partial charge is 0.276 e. The minimum atomic E-state index is -0.559. The van der Waals surface area contributed by atoms with Gasteiger partial charge in [-0.25, -0.2) is 0 Å². The number of anilines is 1. The molecule has 11 heteroatoms. The number of methoxy groups -OCH3 is 1. The number of ether oxygens (including phenoxy) is 2. The van der Waals surface area contributed by atoms with Gasteiger partial charge in [0.05, 0.1) is 22.7 Å². The van der Waals surface area contributed by atoms with Crippen LogP contribution in [0.15, 0.2) is 42.5 Å². The molecule has 0 fully saturated rings. The highest BCUT2D eigenvalue weighted by Gasteiger charge is 2.11. The Kier molecular flexibility index (Phi) is 7.15. The summed E-state index contributed by atoms with van der Waals surface area (Å²) in [5.41, 5.74) is 4.86. The van der Waals surface area contributed by atoms with Gasteiger partial charge in [-0.1, -0.05) is 11.6 Å². The molecule has 0 aromatic heterocycles. The molecule has 0 saturated carbocycles. The van der Waals surface area contributed by atoms with Crippen molar-refractivity contribution in [2.24, 2.45) is 0 Å². The van der Waals surface area contributed by atoms with Crippen LogP contribution in [0, 0.1) is 10.1 Å². The van der Waals surface area contributed by atoms with Gasteiger partial charge in [0.2, 0.25) is 0 Å². The number of nitro groups is 1. The highest BCUT2D eigenvalue weighted by molar-refractivity contribution is 7.80. The van der Waals surface area contributed by atoms with Crippen molar-refractivity contribution in [2.75, 3.05) is 19.0 Å². The maximum atomic E-state index is 11.8. The number of carbonyl (C=O) groups is 1. The van der Waals surface area contributed by atoms with E-state index < -0.39 is 10.8 Å². The van der Waals surface area contributed by atoms with Gasteiger partial charge in [0, 0.05) is 12.1 Å². The monoisotopic (exact) mass is 410 g/mol. The van der Waals surface area contributed by atoms with Crippen LogP contribution in [0.2, 0.25) is 5.02 Å². The van der Waals surface area contributed by atoms with Gasteiger partial charge < -0.3 is 14.8 Å². The summed E-state index contributed by atoms with van der Waals surface area (Å²) < 4.78 is 10.3. The number of benzene rings is 2. The van der Waals surface area contributed by atoms with Gasteiger partial charge in [0.25, 0.3) is 11.6 Å². The highest BCUT2D eigenvalue weighted by Crippen LogP contribution is 2.26. The minimum Gasteiger partial charge on any atom is -0.497 e. The van der Waals surface area contributed by atoms with E-state index >= 15 is 0 Å². The fourth-order valence-electron chi connectivity index (χ4n) is 1.86. The number of carbonyl (C=O) groups excluding carboxylic acids is 1. The van der Waals surface area contributed by atoms with E-state index in [9.17, 15) is 14.9 Å². The number of amides is 1. The van der Waals surface area contributed by atoms with E-state index in [1.165, 1.54) is 18.2 Å². The van der Waals surface area contributed by atoms with Gasteiger partial charge in [0.1, 0.15) is 11.5 Å². The zero-order valence-corrected chi connectivity index (χ0v) is 15.6. The minimum absolute atomic E-state index is 0.00445. The molecular weight excluding hydrogens is 396 g/mol. The third-order valence-electron chi connectivity index (χ3n) is 3.15. The lowest BCUT2D eigenvalue weighted by atomic mass is 10.3. The Bertz CT molecular complexity index is 847. The topological polar surface area (TPSA) is 115 Å². The van der Waals surface area contributed by atoms with E-state index in [-0.39, 0.29) is 28.1 Å². The Hall–Kier alpha value is -3.11. The zero-order chi connectivity index (χ0) is 19.8. The molecule has 0 saturated heterocycles. The summed E-state index contributed by atoms with van der Waals surface area (Å²) in [5.74, 6) is 0.680. The maximum Gasteiger partial charge on any atom is 0.276 e. The van der Waals surface area contributed by atoms with Crippen LogP contribution in [-0.2, 0) is 4.79 Å². The van der Waals surface area contributed by atoms with Crippen molar-refractivity contribution in [3.63, 3.8) is 0 Å². The van der Waals surface area contributed by atoms with E-state index in [2.05, 4.69) is 16.2 Å². The third-order valence-corrected chi connectivity index (χ3v) is 3.69. The first kappa shape index (κ1) is 20.2. The van der Waals surface area contributed by atoms with Gasteiger partial charge in [-0.05, 0) is 42.5 Å². The first-order valence-electron chi connectivity index (χ1n) is 7.45. The van der Waals surface area contributed by atoms with E-state index in [1.54, 1.807) is 31.4 Å². The molecule has 0 spiro atoms. The number of nitrogens with zero attached hydrogens (tertiary/aromatic N) is 1. The van der Waals surface area contributed by atoms with E-state index in [0.29, 0.717) is 11.5 Å². The molecule has 0 atom stereocenters. The van der Waals surface area contributed by atoms with Crippen LogP contribution in [0.1, 0.15) is 0 Å². The highest BCUT2D eigenvalue weighted by atomic mass is 35.5. The number of hydrogen-bond donors (Lipinski definition) is 3. The van der Waals surface area contributed by atoms with Gasteiger partial charge in [0.15, 0.2) is 11.7 Å². The zero-order valence-electron chi connectivity index (χ0n) is 14.0. The molecule has 0 bridgehead atoms. The molecule has 2 aromatic carbocycles. The molecule has 0 unspecified atom stereocenters. The van der Waals surface area contributed by atoms with Crippen LogP contribution in [-0.4, -0.2) is 29.7 Å². The number of rotatable bonds is 6. The van der Waals surface area contributed by atoms with Crippen LogP contribution >= 0.6 is 23.8 Å². The molecule has 0 aliphatic heterocycles. The Balaban J connectivity index is 1.80. The lowest BCUT2D eigenvalue weighted by molar-refractivity contribution is -0.384. The van der Waals surface area contributed by atoms with Crippen LogP contribution in [0.4, 0.5) is 11.4 Å². The van der Waals surface area contributed by atoms with Crippen molar-refractivity contribution in [3.05, 3.63) is 57.6 Å². The molecule has 1 amide bonds. The molecule has 9 nitrogen and oxygen atoms in total. The van der Waals surface area contributed by atoms with Crippen molar-refractivity contribution in [2.45, 2.75) is 0 Å². The maximum absolute atomic E-state index is 11.8. The molecule has 0 aliphatic carbocycles. The summed E-state index contributed by atoms with van der Waals surface area (Å²) in [4.78, 5) is 22.0. The fraction of sp³-hybridized carbons (Fsp3) is 0.125. The number of nitro benzene ring substituents is 1. The van der Waals surface area contributed by atoms with Gasteiger partial charge in [-0.15, -0.1) is 0 Å². The van der Waals surface area contributed by atoms with Gasteiger partial charge in [-0.2, -0.15) is 0 Å². The van der Waals surface area contributed by atoms with Crippen LogP contribution < -0.4 is 25.6 Å². The summed E-state index contributed by atoms with van der Waals surface area (Å²) >= 11 is 11.0. The second-order valence-corrected chi connectivity index (χ2v) is 5.83. The molecular formula is C16H15ClN4O5S. The first-order valence-corrected chi connectivity index (χ1v) is 8.24. The summed E-state index contributed by atoms with van der Waals surface area (Å²) in [6.45, 7) is -0.250. The second-order valence-electron chi connectivity index (χ2n) is 5.01. The predicted molar refractivity (Wildman–Crippen MR) is 104 cm³/mol. The molecule has 27 heavy (non-hydrogen) atoms. The van der Waals surface area contributed by atoms with Crippen molar-refractivity contribution in [3.8, 4) is 11.5 Å². The number of nitrogens with one attached hydrogen (secondary N) is 3. The van der Waals surface area contributed by atoms with Crippen molar-refractivity contribution >= 4 is 46.2 Å². The Labute approximate surface area is 164 Å². The van der Waals surface area contributed by atoms with Crippen LogP contribution in [0.5, 0.6) is 11.5 Å². The summed E-state index contributed by atoms with van der Waals surface area (Å²) in [6.07, 6.45) is 0. The average Bonchev–Trinajstić information content (AvgIpc) is 2.66. The van der Waals surface area contributed by atoms with Crippen molar-refractivity contribution in [1.29, 1.82) is 0 Å². The van der Waals surface area contributed by atoms with Gasteiger partial charge in [-0.3, -0.25) is 25.8 Å². The molecule has 2 aromatic rings. The SMILES string of the molecule is COc1ccc(OCC(=O)NNC(=S)Nc2cc([N+](=O)[O-])ccc2Cl)cc1. The second kappa shape index (κ2) is 9.55. The van der Waals surface area contributed by atoms with Crippen LogP contribution in [0.3, 0.4) is 0 Å². The Morgan fingerprint density at radius 1 is 1.19 bits per heavy atom. The number of thiocarbonyl (C=S) groups is 1. The van der Waals surface area contributed by atoms with Gasteiger partial charge >= 0.3 is 0 Å². The summed E-state index contributed by atoms with van der Waals surface area (Å²) in [6, 6.07) is 10.6. The number of halogens is 1. The van der Waals surface area contributed by atoms with Crippen molar-refractivity contribution in [1.82, 2.24) is 10.9 Å². The van der Waals surface area contributed by atoms with E-state index in [4.69, 9.17) is 33.3 Å². The number of non-ortho nitro benzene ring substituents is 1. The molecule has 3 N–H and O–H groups in total. The lowest BCUT2D eigenvalue weighted by Crippen LogP contribution is -2.45. The molecule has 142 valence electrons. The van der Waals surface area contributed by atoms with E-state index in [1.807, 2.05) is 0 Å². The third kappa shape index (κ3) is 6.28. The molecule has 0 radical (unpaired) electrons. The molecule has 2 rings (SSSR count). The standard InChI is InChI=1S/C16H15ClN4O5S/c1-25-11-3-5-12(6-4-11)26-9-15(22)19-20-16(27)18-14-8-10(21(23)24)2-7-13(14)17/h2-8H,9H2,1H3,(H,19,22)(H2,18,20,27). The normalized spacial score (nSPS) is 9.85. The lowest BCUT2D eigenvalue weighted by Gasteiger charge is -2.13. The van der Waals surface area contributed by atoms with Crippen LogP contribution in [0.25, 0.3) is 0 Å². The molecule has 0 aliphatic rings. The predicted octanol–water partition coefficient (Wildman–Crippen LogP) is 2.65. The summed E-state index contributed by atoms with van der Waals surface area (Å²) in [7, 11) is 1.55. The fourth-order valence-corrected chi connectivity index (χ4v) is 2.19. The first-order chi connectivity index (χ1) is 12.9. The summed E-state index contributed by atoms with van der Waals surface area (Å²) in [5, 5.41) is 13.7.